The number of carboxylic acids is 2. The number of hydrogen-bond donors (Lipinski definition) is 2. The molecular weight excluding hydrogens is 352 g/mol. The number of carboxylic acid groups (broad SMARTS) is 2. The van der Waals surface area contributed by atoms with E-state index in [1.807, 2.05) is 48.5 Å². The monoisotopic (exact) mass is 374 g/mol. The van der Waals surface area contributed by atoms with Gasteiger partial charge in [0.05, 0.1) is 0 Å². The van der Waals surface area contributed by atoms with E-state index in [-0.39, 0.29) is 12.8 Å². The summed E-state index contributed by atoms with van der Waals surface area (Å²) in [6, 6.07) is 24.2. The summed E-state index contributed by atoms with van der Waals surface area (Å²) >= 11 is 0. The Hall–Kier alpha value is -3.40. The van der Waals surface area contributed by atoms with Crippen molar-refractivity contribution in [3.8, 4) is 22.3 Å². The highest BCUT2D eigenvalue weighted by atomic mass is 16.4. The molecular formula is C24H22O4. The predicted octanol–water partition coefficient (Wildman–Crippen LogP) is 5.06. The van der Waals surface area contributed by atoms with Crippen molar-refractivity contribution < 1.29 is 19.8 Å². The van der Waals surface area contributed by atoms with Gasteiger partial charge in [-0.25, -0.2) is 0 Å². The number of aliphatic carboxylic acids is 2. The summed E-state index contributed by atoms with van der Waals surface area (Å²) in [7, 11) is 0. The zero-order valence-corrected chi connectivity index (χ0v) is 15.5. The number of hydrogen-bond acceptors (Lipinski definition) is 2. The second-order valence-electron chi connectivity index (χ2n) is 6.76. The Bertz CT molecular complexity index is 859. The SMILES string of the molecule is O=C(O)CCc1ccc(-c2ccc(-c3ccc(CCC(=O)O)cc3)cc2)cc1. The number of benzene rings is 3. The number of rotatable bonds is 8. The Morgan fingerprint density at radius 1 is 0.500 bits per heavy atom. The normalized spacial score (nSPS) is 10.6. The Balaban J connectivity index is 1.67. The van der Waals surface area contributed by atoms with E-state index < -0.39 is 11.9 Å². The van der Waals surface area contributed by atoms with Crippen LogP contribution >= 0.6 is 0 Å². The van der Waals surface area contributed by atoms with Gasteiger partial charge in [-0.05, 0) is 46.2 Å². The molecule has 0 bridgehead atoms. The van der Waals surface area contributed by atoms with E-state index in [1.165, 1.54) is 0 Å². The van der Waals surface area contributed by atoms with Gasteiger partial charge in [-0.2, -0.15) is 0 Å². The molecule has 0 heterocycles. The van der Waals surface area contributed by atoms with Crippen LogP contribution in [0, 0.1) is 0 Å². The molecule has 0 radical (unpaired) electrons. The smallest absolute Gasteiger partial charge is 0.303 e. The first kappa shape index (κ1) is 19.4. The lowest BCUT2D eigenvalue weighted by molar-refractivity contribution is -0.138. The maximum atomic E-state index is 10.7. The van der Waals surface area contributed by atoms with Crippen molar-refractivity contribution in [1.82, 2.24) is 0 Å². The van der Waals surface area contributed by atoms with Crippen molar-refractivity contribution in [2.24, 2.45) is 0 Å². The number of carbonyl (C=O) groups is 2. The quantitative estimate of drug-likeness (QED) is 0.578. The van der Waals surface area contributed by atoms with Crippen molar-refractivity contribution in [3.05, 3.63) is 83.9 Å². The van der Waals surface area contributed by atoms with E-state index in [9.17, 15) is 9.59 Å². The molecule has 0 saturated heterocycles. The highest BCUT2D eigenvalue weighted by Gasteiger charge is 2.04. The van der Waals surface area contributed by atoms with Gasteiger partial charge in [0.2, 0.25) is 0 Å². The van der Waals surface area contributed by atoms with E-state index in [1.54, 1.807) is 0 Å². The van der Waals surface area contributed by atoms with E-state index >= 15 is 0 Å². The molecule has 0 unspecified atom stereocenters. The fourth-order valence-corrected chi connectivity index (χ4v) is 3.09. The molecule has 142 valence electrons. The second-order valence-corrected chi connectivity index (χ2v) is 6.76. The molecule has 4 nitrogen and oxygen atoms in total. The van der Waals surface area contributed by atoms with Crippen LogP contribution in [0.1, 0.15) is 24.0 Å². The van der Waals surface area contributed by atoms with Crippen LogP contribution in [-0.2, 0) is 22.4 Å². The average molecular weight is 374 g/mol. The molecule has 0 aliphatic carbocycles. The van der Waals surface area contributed by atoms with Crippen molar-refractivity contribution >= 4 is 11.9 Å². The molecule has 0 atom stereocenters. The van der Waals surface area contributed by atoms with Gasteiger partial charge in [-0.15, -0.1) is 0 Å². The second kappa shape index (κ2) is 9.00. The fourth-order valence-electron chi connectivity index (χ4n) is 3.09. The highest BCUT2D eigenvalue weighted by molar-refractivity contribution is 5.71. The average Bonchev–Trinajstić information content (AvgIpc) is 2.72. The predicted molar refractivity (Wildman–Crippen MR) is 109 cm³/mol. The molecule has 0 aliphatic heterocycles. The zero-order chi connectivity index (χ0) is 19.9. The molecule has 0 aromatic heterocycles. The summed E-state index contributed by atoms with van der Waals surface area (Å²) in [5.74, 6) is -1.57. The molecule has 0 fully saturated rings. The molecule has 0 aliphatic rings. The van der Waals surface area contributed by atoms with Gasteiger partial charge in [0.25, 0.3) is 0 Å². The summed E-state index contributed by atoms with van der Waals surface area (Å²) < 4.78 is 0. The first-order valence-corrected chi connectivity index (χ1v) is 9.23. The van der Waals surface area contributed by atoms with Crippen LogP contribution in [0.15, 0.2) is 72.8 Å². The van der Waals surface area contributed by atoms with E-state index in [2.05, 4.69) is 24.3 Å². The van der Waals surface area contributed by atoms with Crippen molar-refractivity contribution in [2.45, 2.75) is 25.7 Å². The summed E-state index contributed by atoms with van der Waals surface area (Å²) in [4.78, 5) is 21.3. The fraction of sp³-hybridized carbons (Fsp3) is 0.167. The van der Waals surface area contributed by atoms with Crippen molar-refractivity contribution in [2.75, 3.05) is 0 Å². The first-order valence-electron chi connectivity index (χ1n) is 9.23. The van der Waals surface area contributed by atoms with Crippen LogP contribution in [0.5, 0.6) is 0 Å². The molecule has 28 heavy (non-hydrogen) atoms. The topological polar surface area (TPSA) is 74.6 Å². The van der Waals surface area contributed by atoms with E-state index in [4.69, 9.17) is 10.2 Å². The van der Waals surface area contributed by atoms with Gasteiger partial charge in [0.15, 0.2) is 0 Å². The van der Waals surface area contributed by atoms with Crippen LogP contribution < -0.4 is 0 Å². The molecule has 0 amide bonds. The van der Waals surface area contributed by atoms with Crippen LogP contribution in [0.25, 0.3) is 22.3 Å². The molecule has 3 rings (SSSR count). The first-order chi connectivity index (χ1) is 13.5. The van der Waals surface area contributed by atoms with E-state index in [0.29, 0.717) is 12.8 Å². The number of aryl methyl sites for hydroxylation is 2. The standard InChI is InChI=1S/C24H22O4/c25-23(26)15-5-17-1-7-19(8-2-17)21-11-13-22(14-12-21)20-9-3-18(4-10-20)6-16-24(27)28/h1-4,7-14H,5-6,15-16H2,(H,25,26)(H,27,28). The molecule has 3 aromatic rings. The lowest BCUT2D eigenvalue weighted by Gasteiger charge is -2.07. The van der Waals surface area contributed by atoms with Gasteiger partial charge in [-0.1, -0.05) is 72.8 Å². The summed E-state index contributed by atoms with van der Waals surface area (Å²) in [5.41, 5.74) is 6.43. The maximum Gasteiger partial charge on any atom is 0.303 e. The van der Waals surface area contributed by atoms with Gasteiger partial charge >= 0.3 is 11.9 Å². The van der Waals surface area contributed by atoms with Crippen LogP contribution in [0.4, 0.5) is 0 Å². The largest absolute Gasteiger partial charge is 0.481 e. The summed E-state index contributed by atoms with van der Waals surface area (Å²) in [6.07, 6.45) is 1.36. The summed E-state index contributed by atoms with van der Waals surface area (Å²) in [5, 5.41) is 17.5. The van der Waals surface area contributed by atoms with Gasteiger partial charge < -0.3 is 10.2 Å². The zero-order valence-electron chi connectivity index (χ0n) is 15.5. The van der Waals surface area contributed by atoms with Gasteiger partial charge in [0.1, 0.15) is 0 Å². The molecule has 4 heteroatoms. The van der Waals surface area contributed by atoms with Gasteiger partial charge in [0, 0.05) is 12.8 Å². The minimum Gasteiger partial charge on any atom is -0.481 e. The third-order valence-corrected chi connectivity index (χ3v) is 4.71. The molecule has 3 aromatic carbocycles. The Kier molecular flexibility index (Phi) is 6.22. The van der Waals surface area contributed by atoms with Crippen LogP contribution in [-0.4, -0.2) is 22.2 Å². The van der Waals surface area contributed by atoms with Gasteiger partial charge in [-0.3, -0.25) is 9.59 Å². The molecule has 0 saturated carbocycles. The van der Waals surface area contributed by atoms with Crippen LogP contribution in [0.3, 0.4) is 0 Å². The van der Waals surface area contributed by atoms with Crippen LogP contribution in [0.2, 0.25) is 0 Å². The third-order valence-electron chi connectivity index (χ3n) is 4.71. The van der Waals surface area contributed by atoms with Crippen molar-refractivity contribution in [1.29, 1.82) is 0 Å². The lowest BCUT2D eigenvalue weighted by atomic mass is 9.98. The minimum absolute atomic E-state index is 0.142. The Morgan fingerprint density at radius 2 is 0.750 bits per heavy atom. The molecule has 2 N–H and O–H groups in total. The third kappa shape index (κ3) is 5.30. The summed E-state index contributed by atoms with van der Waals surface area (Å²) in [6.45, 7) is 0. The highest BCUT2D eigenvalue weighted by Crippen LogP contribution is 2.26. The Labute approximate surface area is 164 Å². The maximum absolute atomic E-state index is 10.7. The Morgan fingerprint density at radius 3 is 1.00 bits per heavy atom. The minimum atomic E-state index is -0.783. The van der Waals surface area contributed by atoms with E-state index in [0.717, 1.165) is 33.4 Å². The lowest BCUT2D eigenvalue weighted by Crippen LogP contribution is -1.97. The van der Waals surface area contributed by atoms with Crippen molar-refractivity contribution in [3.63, 3.8) is 0 Å². The molecule has 0 spiro atoms.